The van der Waals surface area contributed by atoms with Crippen LogP contribution in [0.25, 0.3) is 11.2 Å². The Kier molecular flexibility index (Phi) is 4.18. The first-order chi connectivity index (χ1) is 15.2. The quantitative estimate of drug-likeness (QED) is 0.545. The lowest BCUT2D eigenvalue weighted by Crippen LogP contribution is -2.31. The van der Waals surface area contributed by atoms with Gasteiger partial charge in [-0.3, -0.25) is 0 Å². The second-order valence-electron chi connectivity index (χ2n) is 8.36. The lowest BCUT2D eigenvalue weighted by atomic mass is 9.91. The van der Waals surface area contributed by atoms with Gasteiger partial charge < -0.3 is 14.6 Å². The molecule has 156 valence electrons. The number of nitriles is 1. The highest BCUT2D eigenvalue weighted by Crippen LogP contribution is 2.32. The predicted octanol–water partition coefficient (Wildman–Crippen LogP) is 3.02. The zero-order chi connectivity index (χ0) is 20.9. The Morgan fingerprint density at radius 2 is 2.06 bits per heavy atom. The summed E-state index contributed by atoms with van der Waals surface area (Å²) in [5.74, 6) is 0.177. The maximum atomic E-state index is 14.5. The first-order valence-electron chi connectivity index (χ1n) is 10.7. The van der Waals surface area contributed by atoms with E-state index in [-0.39, 0.29) is 0 Å². The third kappa shape index (κ3) is 2.88. The van der Waals surface area contributed by atoms with Crippen LogP contribution in [0.2, 0.25) is 0 Å². The lowest BCUT2D eigenvalue weighted by Gasteiger charge is -2.29. The Morgan fingerprint density at radius 1 is 1.19 bits per heavy atom. The summed E-state index contributed by atoms with van der Waals surface area (Å²) in [5.41, 5.74) is 6.02. The minimum Gasteiger partial charge on any atom is -0.363 e. The molecule has 8 heteroatoms. The number of hydrogen-bond donors (Lipinski definition) is 1. The Balaban J connectivity index is 1.38. The highest BCUT2D eigenvalue weighted by molar-refractivity contribution is 5.75. The normalized spacial score (nSPS) is 17.2. The number of nitrogens with zero attached hydrogens (tertiary/aromatic N) is 6. The maximum Gasteiger partial charge on any atom is 0.171 e. The van der Waals surface area contributed by atoms with E-state index >= 15 is 0 Å². The minimum atomic E-state index is -0.414. The molecule has 2 aliphatic rings. The van der Waals surface area contributed by atoms with Crippen molar-refractivity contribution >= 4 is 16.9 Å². The SMILES string of the molecule is N#Cc1ccc(N2CCc3nc4cc(C5CCNCC5)ccn4c3C2)c2c(F)cnn12. The van der Waals surface area contributed by atoms with Crippen molar-refractivity contribution in [3.05, 3.63) is 65.1 Å². The van der Waals surface area contributed by atoms with Gasteiger partial charge in [0.1, 0.15) is 22.9 Å². The van der Waals surface area contributed by atoms with Crippen molar-refractivity contribution in [3.8, 4) is 6.07 Å². The molecule has 0 saturated carbocycles. The van der Waals surface area contributed by atoms with Gasteiger partial charge in [-0.25, -0.2) is 13.9 Å². The number of piperidine rings is 1. The van der Waals surface area contributed by atoms with Gasteiger partial charge in [0.15, 0.2) is 5.82 Å². The monoisotopic (exact) mass is 415 g/mol. The molecule has 0 bridgehead atoms. The largest absolute Gasteiger partial charge is 0.363 e. The van der Waals surface area contributed by atoms with Crippen molar-refractivity contribution in [1.82, 2.24) is 24.3 Å². The average Bonchev–Trinajstić information content (AvgIpc) is 3.39. The van der Waals surface area contributed by atoms with Crippen LogP contribution >= 0.6 is 0 Å². The van der Waals surface area contributed by atoms with E-state index in [1.54, 1.807) is 6.07 Å². The van der Waals surface area contributed by atoms with Gasteiger partial charge in [0.2, 0.25) is 0 Å². The number of rotatable bonds is 2. The molecule has 6 rings (SSSR count). The molecule has 0 spiro atoms. The van der Waals surface area contributed by atoms with Gasteiger partial charge in [0, 0.05) is 19.2 Å². The van der Waals surface area contributed by atoms with Gasteiger partial charge in [0.25, 0.3) is 0 Å². The number of halogens is 1. The van der Waals surface area contributed by atoms with E-state index in [0.717, 1.165) is 61.6 Å². The highest BCUT2D eigenvalue weighted by atomic mass is 19.1. The van der Waals surface area contributed by atoms with E-state index in [0.29, 0.717) is 23.7 Å². The summed E-state index contributed by atoms with van der Waals surface area (Å²) < 4.78 is 18.1. The van der Waals surface area contributed by atoms with Gasteiger partial charge in [-0.15, -0.1) is 0 Å². The fraction of sp³-hybridized carbons (Fsp3) is 0.348. The minimum absolute atomic E-state index is 0.320. The molecule has 0 radical (unpaired) electrons. The standard InChI is InChI=1S/C23H22FN7/c24-18-13-27-31-17(12-25)1-2-20(23(18)31)29-9-6-19-21(14-29)30-10-5-16(11-22(30)28-19)15-3-7-26-8-4-15/h1-2,5,10-11,13,15,26H,3-4,6-9,14H2. The van der Waals surface area contributed by atoms with Crippen LogP contribution in [-0.2, 0) is 13.0 Å². The van der Waals surface area contributed by atoms with Crippen LogP contribution in [0.15, 0.2) is 36.7 Å². The van der Waals surface area contributed by atoms with Crippen molar-refractivity contribution < 1.29 is 4.39 Å². The Labute approximate surface area is 178 Å². The summed E-state index contributed by atoms with van der Waals surface area (Å²) >= 11 is 0. The molecule has 1 N–H and O–H groups in total. The number of imidazole rings is 1. The zero-order valence-electron chi connectivity index (χ0n) is 17.1. The molecule has 0 unspecified atom stereocenters. The molecule has 1 saturated heterocycles. The van der Waals surface area contributed by atoms with Crippen LogP contribution < -0.4 is 10.2 Å². The zero-order valence-corrected chi connectivity index (χ0v) is 17.1. The number of fused-ring (bicyclic) bond motifs is 4. The average molecular weight is 415 g/mol. The van der Waals surface area contributed by atoms with Crippen LogP contribution in [-0.4, -0.2) is 38.6 Å². The van der Waals surface area contributed by atoms with Crippen LogP contribution in [0.4, 0.5) is 10.1 Å². The fourth-order valence-electron chi connectivity index (χ4n) is 5.03. The van der Waals surface area contributed by atoms with E-state index in [1.807, 2.05) is 6.07 Å². The van der Waals surface area contributed by atoms with E-state index in [1.165, 1.54) is 16.3 Å². The summed E-state index contributed by atoms with van der Waals surface area (Å²) in [6.07, 6.45) is 6.43. The van der Waals surface area contributed by atoms with Crippen molar-refractivity contribution in [2.45, 2.75) is 31.7 Å². The van der Waals surface area contributed by atoms with Crippen LogP contribution in [0, 0.1) is 17.1 Å². The number of pyridine rings is 2. The molecular weight excluding hydrogens is 393 g/mol. The third-order valence-electron chi connectivity index (χ3n) is 6.65. The molecule has 0 atom stereocenters. The first kappa shape index (κ1) is 18.3. The van der Waals surface area contributed by atoms with Gasteiger partial charge in [-0.05, 0) is 61.7 Å². The molecule has 4 aromatic heterocycles. The molecule has 1 fully saturated rings. The number of hydrogen-bond acceptors (Lipinski definition) is 5. The Bertz CT molecular complexity index is 1340. The number of aromatic nitrogens is 4. The van der Waals surface area contributed by atoms with Crippen molar-refractivity contribution in [2.24, 2.45) is 0 Å². The first-order valence-corrected chi connectivity index (χ1v) is 10.7. The summed E-state index contributed by atoms with van der Waals surface area (Å²) in [4.78, 5) is 7.07. The molecule has 2 aliphatic heterocycles. The van der Waals surface area contributed by atoms with Gasteiger partial charge >= 0.3 is 0 Å². The van der Waals surface area contributed by atoms with E-state index in [9.17, 15) is 9.65 Å². The third-order valence-corrected chi connectivity index (χ3v) is 6.65. The van der Waals surface area contributed by atoms with E-state index in [2.05, 4.69) is 44.1 Å². The second kappa shape index (κ2) is 7.06. The molecule has 0 aromatic carbocycles. The Morgan fingerprint density at radius 3 is 2.90 bits per heavy atom. The van der Waals surface area contributed by atoms with Crippen molar-refractivity contribution in [1.29, 1.82) is 5.26 Å². The summed E-state index contributed by atoms with van der Waals surface area (Å²) in [5, 5.41) is 16.8. The summed E-state index contributed by atoms with van der Waals surface area (Å²) in [6, 6.07) is 10.1. The summed E-state index contributed by atoms with van der Waals surface area (Å²) in [6.45, 7) is 3.51. The highest BCUT2D eigenvalue weighted by Gasteiger charge is 2.25. The molecule has 4 aromatic rings. The fourth-order valence-corrected chi connectivity index (χ4v) is 5.03. The van der Waals surface area contributed by atoms with E-state index in [4.69, 9.17) is 4.98 Å². The van der Waals surface area contributed by atoms with Crippen molar-refractivity contribution in [3.63, 3.8) is 0 Å². The van der Waals surface area contributed by atoms with E-state index < -0.39 is 5.82 Å². The van der Waals surface area contributed by atoms with Crippen LogP contribution in [0.5, 0.6) is 0 Å². The maximum absolute atomic E-state index is 14.5. The lowest BCUT2D eigenvalue weighted by molar-refractivity contribution is 0.460. The number of nitrogens with one attached hydrogen (secondary N) is 1. The van der Waals surface area contributed by atoms with Gasteiger partial charge in [-0.1, -0.05) is 0 Å². The van der Waals surface area contributed by atoms with Crippen LogP contribution in [0.1, 0.15) is 41.4 Å². The number of anilines is 1. The van der Waals surface area contributed by atoms with Crippen molar-refractivity contribution in [2.75, 3.05) is 24.5 Å². The molecule has 6 heterocycles. The smallest absolute Gasteiger partial charge is 0.171 e. The van der Waals surface area contributed by atoms with Gasteiger partial charge in [0.05, 0.1) is 29.8 Å². The topological polar surface area (TPSA) is 73.7 Å². The molecule has 31 heavy (non-hydrogen) atoms. The van der Waals surface area contributed by atoms with Gasteiger partial charge in [-0.2, -0.15) is 10.4 Å². The van der Waals surface area contributed by atoms with Crippen LogP contribution in [0.3, 0.4) is 0 Å². The molecule has 7 nitrogen and oxygen atoms in total. The molecule has 0 amide bonds. The molecular formula is C23H22FN7. The molecule has 0 aliphatic carbocycles. The second-order valence-corrected chi connectivity index (χ2v) is 8.36. The predicted molar refractivity (Wildman–Crippen MR) is 115 cm³/mol. The summed E-state index contributed by atoms with van der Waals surface area (Å²) in [7, 11) is 0. The Hall–Kier alpha value is -3.44.